The molecule has 2 aliphatic rings. The summed E-state index contributed by atoms with van der Waals surface area (Å²) >= 11 is 0. The number of amides is 2. The molecule has 2 aliphatic heterocycles. The van der Waals surface area contributed by atoms with E-state index in [1.54, 1.807) is 32.0 Å². The Bertz CT molecular complexity index is 732. The first-order valence-corrected chi connectivity index (χ1v) is 8.60. The maximum atomic E-state index is 12.4. The highest BCUT2D eigenvalue weighted by atomic mass is 16.6. The zero-order valence-corrected chi connectivity index (χ0v) is 14.7. The third kappa shape index (κ3) is 3.58. The average molecular weight is 362 g/mol. The quantitative estimate of drug-likeness (QED) is 0.811. The summed E-state index contributed by atoms with van der Waals surface area (Å²) in [4.78, 5) is 37.6. The van der Waals surface area contributed by atoms with E-state index in [9.17, 15) is 19.5 Å². The molecule has 0 spiro atoms. The monoisotopic (exact) mass is 362 g/mol. The molecule has 140 valence electrons. The number of fused-ring (bicyclic) bond motifs is 1. The lowest BCUT2D eigenvalue weighted by Crippen LogP contribution is -2.47. The van der Waals surface area contributed by atoms with Crippen LogP contribution in [-0.2, 0) is 14.4 Å². The molecule has 0 aromatic heterocycles. The van der Waals surface area contributed by atoms with E-state index in [4.69, 9.17) is 9.47 Å². The van der Waals surface area contributed by atoms with Crippen molar-refractivity contribution in [3.63, 3.8) is 0 Å². The first kappa shape index (κ1) is 18.0. The lowest BCUT2D eigenvalue weighted by Gasteiger charge is -2.22. The molecule has 0 saturated carbocycles. The molecule has 1 aromatic carbocycles. The van der Waals surface area contributed by atoms with Crippen LogP contribution in [0.15, 0.2) is 18.2 Å². The smallest absolute Gasteiger partial charge is 0.326 e. The maximum Gasteiger partial charge on any atom is 0.326 e. The molecular formula is C18H22N2O6. The van der Waals surface area contributed by atoms with Crippen LogP contribution in [0, 0.1) is 11.8 Å². The summed E-state index contributed by atoms with van der Waals surface area (Å²) in [5.74, 6) is -1.32. The van der Waals surface area contributed by atoms with Crippen molar-refractivity contribution >= 4 is 23.5 Å². The van der Waals surface area contributed by atoms with E-state index in [1.165, 1.54) is 4.90 Å². The number of nitrogens with one attached hydrogen (secondary N) is 1. The molecule has 8 nitrogen and oxygen atoms in total. The van der Waals surface area contributed by atoms with Crippen LogP contribution in [0.4, 0.5) is 5.69 Å². The number of carboxylic acids is 1. The molecule has 1 aromatic rings. The van der Waals surface area contributed by atoms with Gasteiger partial charge < -0.3 is 24.8 Å². The minimum atomic E-state index is -1.08. The van der Waals surface area contributed by atoms with Gasteiger partial charge >= 0.3 is 5.97 Å². The molecule has 1 saturated heterocycles. The van der Waals surface area contributed by atoms with Crippen molar-refractivity contribution in [3.8, 4) is 11.5 Å². The summed E-state index contributed by atoms with van der Waals surface area (Å²) in [5, 5.41) is 11.8. The van der Waals surface area contributed by atoms with Crippen LogP contribution in [0.2, 0.25) is 0 Å². The van der Waals surface area contributed by atoms with Gasteiger partial charge in [-0.05, 0) is 18.1 Å². The molecular weight excluding hydrogens is 340 g/mol. The zero-order valence-electron chi connectivity index (χ0n) is 14.7. The summed E-state index contributed by atoms with van der Waals surface area (Å²) in [6.07, 6.45) is 0.0463. The van der Waals surface area contributed by atoms with Crippen molar-refractivity contribution in [2.24, 2.45) is 11.8 Å². The van der Waals surface area contributed by atoms with Crippen molar-refractivity contribution in [2.45, 2.75) is 26.3 Å². The number of benzene rings is 1. The number of carboxylic acid groups (broad SMARTS) is 1. The van der Waals surface area contributed by atoms with E-state index >= 15 is 0 Å². The Hall–Kier alpha value is -2.77. The van der Waals surface area contributed by atoms with Crippen LogP contribution >= 0.6 is 0 Å². The number of rotatable bonds is 5. The van der Waals surface area contributed by atoms with Crippen LogP contribution in [0.5, 0.6) is 11.5 Å². The number of nitrogens with zero attached hydrogens (tertiary/aromatic N) is 1. The first-order chi connectivity index (χ1) is 12.4. The van der Waals surface area contributed by atoms with Gasteiger partial charge in [0, 0.05) is 24.7 Å². The highest BCUT2D eigenvalue weighted by Crippen LogP contribution is 2.36. The number of anilines is 1. The van der Waals surface area contributed by atoms with Gasteiger partial charge in [-0.3, -0.25) is 9.59 Å². The molecule has 2 N–H and O–H groups in total. The SMILES string of the molecule is CC(C)C(NC(=O)C1CC(=O)N(c2ccc3c(c2)OCCO3)C1)C(=O)O. The minimum absolute atomic E-state index is 0.0463. The van der Waals surface area contributed by atoms with Gasteiger partial charge in [0.05, 0.1) is 5.92 Å². The van der Waals surface area contributed by atoms with E-state index in [1.807, 2.05) is 0 Å². The highest BCUT2D eigenvalue weighted by molar-refractivity contribution is 6.01. The third-order valence-corrected chi connectivity index (χ3v) is 4.56. The van der Waals surface area contributed by atoms with Crippen LogP contribution in [0.3, 0.4) is 0 Å². The number of hydrogen-bond acceptors (Lipinski definition) is 5. The molecule has 2 unspecified atom stereocenters. The van der Waals surface area contributed by atoms with Crippen LogP contribution < -0.4 is 19.7 Å². The van der Waals surface area contributed by atoms with Crippen LogP contribution in [0.1, 0.15) is 20.3 Å². The third-order valence-electron chi connectivity index (χ3n) is 4.56. The highest BCUT2D eigenvalue weighted by Gasteiger charge is 2.37. The second kappa shape index (κ2) is 7.23. The number of carbonyl (C=O) groups excluding carboxylic acids is 2. The molecule has 1 fully saturated rings. The lowest BCUT2D eigenvalue weighted by atomic mass is 10.0. The van der Waals surface area contributed by atoms with Crippen LogP contribution in [0.25, 0.3) is 0 Å². The fourth-order valence-electron chi connectivity index (χ4n) is 3.12. The van der Waals surface area contributed by atoms with Gasteiger partial charge in [0.2, 0.25) is 11.8 Å². The Kier molecular flexibility index (Phi) is 5.01. The van der Waals surface area contributed by atoms with E-state index in [0.29, 0.717) is 30.4 Å². The molecule has 26 heavy (non-hydrogen) atoms. The van der Waals surface area contributed by atoms with E-state index < -0.39 is 23.8 Å². The topological polar surface area (TPSA) is 105 Å². The van der Waals surface area contributed by atoms with Crippen molar-refractivity contribution in [1.82, 2.24) is 5.32 Å². The van der Waals surface area contributed by atoms with Crippen molar-refractivity contribution in [2.75, 3.05) is 24.7 Å². The molecule has 2 atom stereocenters. The molecule has 2 amide bonds. The van der Waals surface area contributed by atoms with Gasteiger partial charge in [-0.2, -0.15) is 0 Å². The summed E-state index contributed by atoms with van der Waals surface area (Å²) < 4.78 is 11.0. The summed E-state index contributed by atoms with van der Waals surface area (Å²) in [5.41, 5.74) is 0.633. The maximum absolute atomic E-state index is 12.4. The van der Waals surface area contributed by atoms with Crippen molar-refractivity contribution in [3.05, 3.63) is 18.2 Å². The Morgan fingerprint density at radius 3 is 2.58 bits per heavy atom. The fourth-order valence-corrected chi connectivity index (χ4v) is 3.12. The van der Waals surface area contributed by atoms with Gasteiger partial charge in [0.15, 0.2) is 11.5 Å². The van der Waals surface area contributed by atoms with E-state index in [2.05, 4.69) is 5.32 Å². The molecule has 2 heterocycles. The molecule has 0 aliphatic carbocycles. The summed E-state index contributed by atoms with van der Waals surface area (Å²) in [7, 11) is 0. The Morgan fingerprint density at radius 1 is 1.23 bits per heavy atom. The van der Waals surface area contributed by atoms with Crippen molar-refractivity contribution in [1.29, 1.82) is 0 Å². The summed E-state index contributed by atoms with van der Waals surface area (Å²) in [6.45, 7) is 4.58. The number of ether oxygens (including phenoxy) is 2. The summed E-state index contributed by atoms with van der Waals surface area (Å²) in [6, 6.07) is 4.24. The van der Waals surface area contributed by atoms with Crippen LogP contribution in [-0.4, -0.2) is 48.7 Å². The number of carbonyl (C=O) groups is 3. The van der Waals surface area contributed by atoms with Gasteiger partial charge in [-0.1, -0.05) is 13.8 Å². The molecule has 8 heteroatoms. The number of hydrogen-bond donors (Lipinski definition) is 2. The fraction of sp³-hybridized carbons (Fsp3) is 0.500. The van der Waals surface area contributed by atoms with Gasteiger partial charge in [-0.15, -0.1) is 0 Å². The Morgan fingerprint density at radius 2 is 1.92 bits per heavy atom. The Labute approximate surface area is 151 Å². The van der Waals surface area contributed by atoms with E-state index in [0.717, 1.165) is 0 Å². The minimum Gasteiger partial charge on any atom is -0.486 e. The second-order valence-electron chi connectivity index (χ2n) is 6.80. The van der Waals surface area contributed by atoms with Gasteiger partial charge in [-0.25, -0.2) is 4.79 Å². The normalized spacial score (nSPS) is 20.2. The van der Waals surface area contributed by atoms with E-state index in [-0.39, 0.29) is 24.8 Å². The first-order valence-electron chi connectivity index (χ1n) is 8.60. The predicted molar refractivity (Wildman–Crippen MR) is 92.3 cm³/mol. The molecule has 3 rings (SSSR count). The number of aliphatic carboxylic acids is 1. The lowest BCUT2D eigenvalue weighted by molar-refractivity contribution is -0.143. The average Bonchev–Trinajstić information content (AvgIpc) is 3.00. The molecule has 0 radical (unpaired) electrons. The molecule has 0 bridgehead atoms. The zero-order chi connectivity index (χ0) is 18.8. The largest absolute Gasteiger partial charge is 0.486 e. The van der Waals surface area contributed by atoms with Gasteiger partial charge in [0.25, 0.3) is 0 Å². The Balaban J connectivity index is 1.70. The predicted octanol–water partition coefficient (Wildman–Crippen LogP) is 1.04. The van der Waals surface area contributed by atoms with Gasteiger partial charge in [0.1, 0.15) is 19.3 Å². The standard InChI is InChI=1S/C18H22N2O6/c1-10(2)16(18(23)24)19-17(22)11-7-15(21)20(9-11)12-3-4-13-14(8-12)26-6-5-25-13/h3-4,8,10-11,16H,5-7,9H2,1-2H3,(H,19,22)(H,23,24). The van der Waals surface area contributed by atoms with Crippen molar-refractivity contribution < 1.29 is 29.0 Å². The second-order valence-corrected chi connectivity index (χ2v) is 6.80.